The van der Waals surface area contributed by atoms with Crippen molar-refractivity contribution >= 4 is 11.8 Å². The van der Waals surface area contributed by atoms with Gasteiger partial charge in [-0.05, 0) is 12.0 Å². The van der Waals surface area contributed by atoms with Gasteiger partial charge >= 0.3 is 5.97 Å². The van der Waals surface area contributed by atoms with Crippen molar-refractivity contribution in [3.63, 3.8) is 0 Å². The molecule has 17 heavy (non-hydrogen) atoms. The third-order valence-electron chi connectivity index (χ3n) is 2.39. The lowest BCUT2D eigenvalue weighted by Gasteiger charge is -2.23. The van der Waals surface area contributed by atoms with Gasteiger partial charge in [0.1, 0.15) is 0 Å². The number of nitrogens with one attached hydrogen (secondary N) is 1. The van der Waals surface area contributed by atoms with E-state index < -0.39 is 5.97 Å². The summed E-state index contributed by atoms with van der Waals surface area (Å²) in [5.74, 6) is -1.11. The molecule has 1 aliphatic rings. The number of aliphatic imine (C=N–C) groups is 1. The summed E-state index contributed by atoms with van der Waals surface area (Å²) >= 11 is 0. The Labute approximate surface area is 99.1 Å². The largest absolute Gasteiger partial charge is 0.475 e. The molecule has 0 saturated heterocycles. The Bertz CT molecular complexity index is 454. The maximum atomic E-state index is 10.7. The summed E-state index contributed by atoms with van der Waals surface area (Å²) in [6, 6.07) is 10.0. The molecule has 2 N–H and O–H groups in total. The SMILES string of the molecule is O=C(O)C1=NC=CN(CCc2ccccc2)N1. The van der Waals surface area contributed by atoms with Gasteiger partial charge in [-0.3, -0.25) is 10.4 Å². The van der Waals surface area contributed by atoms with Crippen LogP contribution in [-0.2, 0) is 11.2 Å². The van der Waals surface area contributed by atoms with Crippen LogP contribution >= 0.6 is 0 Å². The third-order valence-corrected chi connectivity index (χ3v) is 2.39. The molecule has 0 amide bonds. The number of nitrogens with zero attached hydrogens (tertiary/aromatic N) is 2. The highest BCUT2D eigenvalue weighted by Gasteiger charge is 2.13. The van der Waals surface area contributed by atoms with E-state index in [1.165, 1.54) is 11.8 Å². The minimum atomic E-state index is -1.06. The predicted octanol–water partition coefficient (Wildman–Crippen LogP) is 1.00. The Hall–Kier alpha value is -2.30. The zero-order valence-corrected chi connectivity index (χ0v) is 9.21. The van der Waals surface area contributed by atoms with E-state index in [0.717, 1.165) is 6.42 Å². The molecule has 0 radical (unpaired) electrons. The lowest BCUT2D eigenvalue weighted by molar-refractivity contribution is -0.129. The number of hydrogen-bond donors (Lipinski definition) is 2. The standard InChI is InChI=1S/C12H13N3O2/c16-12(17)11-13-7-9-15(14-11)8-6-10-4-2-1-3-5-10/h1-5,7,9H,6,8H2,(H,13,14)(H,16,17). The fraction of sp³-hybridized carbons (Fsp3) is 0.167. The molecule has 0 unspecified atom stereocenters. The van der Waals surface area contributed by atoms with Crippen molar-refractivity contribution in [2.75, 3.05) is 6.54 Å². The van der Waals surface area contributed by atoms with Crippen molar-refractivity contribution in [2.45, 2.75) is 6.42 Å². The first-order valence-electron chi connectivity index (χ1n) is 5.31. The highest BCUT2D eigenvalue weighted by molar-refractivity contribution is 6.34. The Morgan fingerprint density at radius 2 is 2.12 bits per heavy atom. The van der Waals surface area contributed by atoms with Crippen molar-refractivity contribution in [1.82, 2.24) is 10.4 Å². The minimum absolute atomic E-state index is 0.0550. The summed E-state index contributed by atoms with van der Waals surface area (Å²) < 4.78 is 0. The Morgan fingerprint density at radius 1 is 1.35 bits per heavy atom. The fourth-order valence-electron chi connectivity index (χ4n) is 1.52. The van der Waals surface area contributed by atoms with E-state index >= 15 is 0 Å². The highest BCUT2D eigenvalue weighted by atomic mass is 16.4. The molecule has 1 heterocycles. The van der Waals surface area contributed by atoms with Crippen LogP contribution in [0.2, 0.25) is 0 Å². The van der Waals surface area contributed by atoms with E-state index in [0.29, 0.717) is 6.54 Å². The lowest BCUT2D eigenvalue weighted by atomic mass is 10.1. The summed E-state index contributed by atoms with van der Waals surface area (Å²) in [7, 11) is 0. The molecule has 0 fully saturated rings. The van der Waals surface area contributed by atoms with Crippen LogP contribution < -0.4 is 5.43 Å². The van der Waals surface area contributed by atoms with Crippen LogP contribution in [-0.4, -0.2) is 28.5 Å². The highest BCUT2D eigenvalue weighted by Crippen LogP contribution is 2.02. The number of amidine groups is 1. The van der Waals surface area contributed by atoms with Crippen molar-refractivity contribution in [3.8, 4) is 0 Å². The topological polar surface area (TPSA) is 64.9 Å². The van der Waals surface area contributed by atoms with Gasteiger partial charge in [0.2, 0.25) is 5.84 Å². The van der Waals surface area contributed by atoms with Crippen LogP contribution in [0.3, 0.4) is 0 Å². The van der Waals surface area contributed by atoms with Gasteiger partial charge < -0.3 is 5.11 Å². The molecule has 1 aliphatic heterocycles. The third kappa shape index (κ3) is 3.07. The van der Waals surface area contributed by atoms with Crippen molar-refractivity contribution in [1.29, 1.82) is 0 Å². The molecule has 5 heteroatoms. The normalized spacial score (nSPS) is 14.1. The molecule has 0 aliphatic carbocycles. The molecule has 88 valence electrons. The molecular formula is C12H13N3O2. The summed E-state index contributed by atoms with van der Waals surface area (Å²) in [6.45, 7) is 0.687. The van der Waals surface area contributed by atoms with Crippen molar-refractivity contribution < 1.29 is 9.90 Å². The van der Waals surface area contributed by atoms with Gasteiger partial charge in [0.25, 0.3) is 0 Å². The minimum Gasteiger partial charge on any atom is -0.475 e. The van der Waals surface area contributed by atoms with Crippen LogP contribution in [0, 0.1) is 0 Å². The number of rotatable bonds is 4. The zero-order valence-electron chi connectivity index (χ0n) is 9.21. The van der Waals surface area contributed by atoms with Gasteiger partial charge in [0, 0.05) is 18.9 Å². The summed E-state index contributed by atoms with van der Waals surface area (Å²) in [4.78, 5) is 14.4. The van der Waals surface area contributed by atoms with E-state index in [-0.39, 0.29) is 5.84 Å². The molecule has 1 aromatic carbocycles. The number of carbonyl (C=O) groups is 1. The molecule has 0 atom stereocenters. The second-order valence-electron chi connectivity index (χ2n) is 3.62. The first-order valence-corrected chi connectivity index (χ1v) is 5.31. The van der Waals surface area contributed by atoms with Gasteiger partial charge in [0.15, 0.2) is 0 Å². The zero-order chi connectivity index (χ0) is 12.1. The Balaban J connectivity index is 1.88. The molecule has 5 nitrogen and oxygen atoms in total. The quantitative estimate of drug-likeness (QED) is 0.811. The Kier molecular flexibility index (Phi) is 3.40. The van der Waals surface area contributed by atoms with E-state index in [1.54, 1.807) is 11.2 Å². The van der Waals surface area contributed by atoms with Gasteiger partial charge in [-0.25, -0.2) is 9.79 Å². The summed E-state index contributed by atoms with van der Waals surface area (Å²) in [6.07, 6.45) is 4.03. The van der Waals surface area contributed by atoms with Gasteiger partial charge in [-0.1, -0.05) is 30.3 Å². The van der Waals surface area contributed by atoms with E-state index in [4.69, 9.17) is 5.11 Å². The van der Waals surface area contributed by atoms with Crippen LogP contribution in [0.15, 0.2) is 47.7 Å². The smallest absolute Gasteiger partial charge is 0.373 e. The second kappa shape index (κ2) is 5.16. The van der Waals surface area contributed by atoms with Crippen molar-refractivity contribution in [2.24, 2.45) is 4.99 Å². The molecule has 0 aromatic heterocycles. The predicted molar refractivity (Wildman–Crippen MR) is 64.2 cm³/mol. The van der Waals surface area contributed by atoms with Gasteiger partial charge in [-0.2, -0.15) is 0 Å². The molecule has 0 saturated carbocycles. The summed E-state index contributed by atoms with van der Waals surface area (Å²) in [5, 5.41) is 10.5. The average Bonchev–Trinajstić information content (AvgIpc) is 2.38. The second-order valence-corrected chi connectivity index (χ2v) is 3.62. The van der Waals surface area contributed by atoms with Crippen molar-refractivity contribution in [3.05, 3.63) is 48.3 Å². The number of hydrogen-bond acceptors (Lipinski definition) is 4. The number of aliphatic carboxylic acids is 1. The maximum absolute atomic E-state index is 10.7. The van der Waals surface area contributed by atoms with Gasteiger partial charge in [-0.15, -0.1) is 0 Å². The van der Waals surface area contributed by atoms with E-state index in [1.807, 2.05) is 30.3 Å². The number of benzene rings is 1. The lowest BCUT2D eigenvalue weighted by Crippen LogP contribution is -2.44. The van der Waals surface area contributed by atoms with E-state index in [2.05, 4.69) is 10.4 Å². The van der Waals surface area contributed by atoms with Crippen LogP contribution in [0.4, 0.5) is 0 Å². The first-order chi connectivity index (χ1) is 8.25. The molecule has 2 rings (SSSR count). The first kappa shape index (κ1) is 11.2. The van der Waals surface area contributed by atoms with Gasteiger partial charge in [0.05, 0.1) is 0 Å². The maximum Gasteiger partial charge on any atom is 0.373 e. The molecular weight excluding hydrogens is 218 g/mol. The van der Waals surface area contributed by atoms with Crippen LogP contribution in [0.5, 0.6) is 0 Å². The number of carboxylic acids is 1. The fourth-order valence-corrected chi connectivity index (χ4v) is 1.52. The van der Waals surface area contributed by atoms with Crippen LogP contribution in [0.1, 0.15) is 5.56 Å². The number of carboxylic acid groups (broad SMARTS) is 1. The van der Waals surface area contributed by atoms with E-state index in [9.17, 15) is 4.79 Å². The molecule has 1 aromatic rings. The number of hydrazine groups is 1. The molecule has 0 spiro atoms. The monoisotopic (exact) mass is 231 g/mol. The molecule has 0 bridgehead atoms. The summed E-state index contributed by atoms with van der Waals surface area (Å²) in [5.41, 5.74) is 3.93. The Morgan fingerprint density at radius 3 is 2.82 bits per heavy atom. The average molecular weight is 231 g/mol. The van der Waals surface area contributed by atoms with Crippen LogP contribution in [0.25, 0.3) is 0 Å².